The lowest BCUT2D eigenvalue weighted by atomic mass is 10.0. The van der Waals surface area contributed by atoms with Crippen molar-refractivity contribution in [3.8, 4) is 0 Å². The number of anilines is 1. The van der Waals surface area contributed by atoms with Crippen LogP contribution in [0.1, 0.15) is 11.1 Å². The predicted octanol–water partition coefficient (Wildman–Crippen LogP) is 2.18. The molecule has 1 saturated heterocycles. The predicted molar refractivity (Wildman–Crippen MR) is 90.4 cm³/mol. The first-order chi connectivity index (χ1) is 9.82. The highest BCUT2D eigenvalue weighted by atomic mass is 79.9. The molecule has 2 N–H and O–H groups in total. The highest BCUT2D eigenvalue weighted by molar-refractivity contribution is 9.10. The Morgan fingerprint density at radius 1 is 1.29 bits per heavy atom. The summed E-state index contributed by atoms with van der Waals surface area (Å²) in [5.74, 6) is 4.92. The Bertz CT molecular complexity index is 760. The van der Waals surface area contributed by atoms with Crippen molar-refractivity contribution in [2.24, 2.45) is 5.84 Å². The summed E-state index contributed by atoms with van der Waals surface area (Å²) in [7, 11) is 1.68. The number of nitrogens with zero attached hydrogens (tertiary/aromatic N) is 2. The maximum absolute atomic E-state index is 12.6. The van der Waals surface area contributed by atoms with Gasteiger partial charge in [0.15, 0.2) is 4.32 Å². The van der Waals surface area contributed by atoms with E-state index in [9.17, 15) is 9.59 Å². The summed E-state index contributed by atoms with van der Waals surface area (Å²) in [6.45, 7) is 1.93. The van der Waals surface area contributed by atoms with E-state index in [0.717, 1.165) is 38.1 Å². The van der Waals surface area contributed by atoms with Crippen LogP contribution in [0.15, 0.2) is 21.5 Å². The second kappa shape index (κ2) is 4.91. The number of fused-ring (bicyclic) bond motifs is 1. The average Bonchev–Trinajstić information content (AvgIpc) is 2.79. The van der Waals surface area contributed by atoms with Gasteiger partial charge in [0.05, 0.1) is 16.2 Å². The molecular weight excluding hydrogens is 374 g/mol. The molecule has 0 bridgehead atoms. The normalized spacial score (nSPS) is 21.6. The van der Waals surface area contributed by atoms with Crippen LogP contribution >= 0.6 is 39.9 Å². The first-order valence-electron chi connectivity index (χ1n) is 5.96. The fourth-order valence-corrected chi connectivity index (χ4v) is 4.41. The summed E-state index contributed by atoms with van der Waals surface area (Å²) in [6, 6.07) is 3.82. The Labute approximate surface area is 139 Å². The van der Waals surface area contributed by atoms with Gasteiger partial charge in [-0.15, -0.1) is 0 Å². The van der Waals surface area contributed by atoms with E-state index in [2.05, 4.69) is 15.9 Å². The topological polar surface area (TPSA) is 66.6 Å². The lowest BCUT2D eigenvalue weighted by molar-refractivity contribution is -0.122. The minimum atomic E-state index is -0.438. The summed E-state index contributed by atoms with van der Waals surface area (Å²) in [4.78, 5) is 26.6. The first kappa shape index (κ1) is 14.7. The number of hydrogen-bond donors (Lipinski definition) is 1. The van der Waals surface area contributed by atoms with E-state index in [1.165, 1.54) is 4.90 Å². The van der Waals surface area contributed by atoms with Crippen molar-refractivity contribution in [2.45, 2.75) is 6.92 Å². The van der Waals surface area contributed by atoms with E-state index >= 15 is 0 Å². The number of likely N-dealkylation sites (N-methyl/N-ethyl adjacent to an activating group) is 1. The van der Waals surface area contributed by atoms with Crippen molar-refractivity contribution in [1.29, 1.82) is 0 Å². The quantitative estimate of drug-likeness (QED) is 0.322. The summed E-state index contributed by atoms with van der Waals surface area (Å²) in [5.41, 5.74) is 2.83. The molecule has 2 aliphatic rings. The Morgan fingerprint density at radius 2 is 1.95 bits per heavy atom. The molecule has 2 amide bonds. The Kier molecular flexibility index (Phi) is 3.44. The highest BCUT2D eigenvalue weighted by Crippen LogP contribution is 2.46. The highest BCUT2D eigenvalue weighted by Gasteiger charge is 2.41. The van der Waals surface area contributed by atoms with E-state index in [-0.39, 0.29) is 15.1 Å². The largest absolute Gasteiger partial charge is 0.310 e. The maximum atomic E-state index is 12.6. The molecule has 0 atom stereocenters. The van der Waals surface area contributed by atoms with Crippen molar-refractivity contribution in [3.05, 3.63) is 32.6 Å². The Hall–Kier alpha value is -1.22. The van der Waals surface area contributed by atoms with Gasteiger partial charge in [-0.2, -0.15) is 0 Å². The van der Waals surface area contributed by atoms with Gasteiger partial charge >= 0.3 is 0 Å². The number of benzene rings is 1. The van der Waals surface area contributed by atoms with E-state index in [0.29, 0.717) is 5.57 Å². The smallest absolute Gasteiger partial charge is 0.281 e. The van der Waals surface area contributed by atoms with Crippen LogP contribution in [-0.2, 0) is 9.59 Å². The molecule has 0 aromatic heterocycles. The van der Waals surface area contributed by atoms with Crippen LogP contribution in [0.3, 0.4) is 0 Å². The third kappa shape index (κ3) is 2.05. The third-order valence-corrected chi connectivity index (χ3v) is 5.36. The molecular formula is C13H10BrN3O2S2. The number of aryl methyl sites for hydroxylation is 1. The van der Waals surface area contributed by atoms with Crippen LogP contribution in [0.25, 0.3) is 5.57 Å². The minimum Gasteiger partial charge on any atom is -0.310 e. The van der Waals surface area contributed by atoms with Gasteiger partial charge in [0.1, 0.15) is 0 Å². The van der Waals surface area contributed by atoms with Crippen LogP contribution < -0.4 is 10.7 Å². The monoisotopic (exact) mass is 383 g/mol. The van der Waals surface area contributed by atoms with Gasteiger partial charge in [0.25, 0.3) is 11.8 Å². The lowest BCUT2D eigenvalue weighted by Gasteiger charge is -2.11. The second-order valence-corrected chi connectivity index (χ2v) is 7.25. The van der Waals surface area contributed by atoms with Crippen molar-refractivity contribution >= 4 is 67.3 Å². The third-order valence-electron chi connectivity index (χ3n) is 3.36. The zero-order valence-corrected chi connectivity index (χ0v) is 14.4. The molecule has 0 aliphatic carbocycles. The maximum Gasteiger partial charge on any atom is 0.281 e. The van der Waals surface area contributed by atoms with Gasteiger partial charge in [0, 0.05) is 17.1 Å². The number of amides is 2. The number of halogens is 1. The van der Waals surface area contributed by atoms with E-state index in [4.69, 9.17) is 18.1 Å². The number of carbonyl (C=O) groups excluding carboxylic acids is 2. The molecule has 2 aliphatic heterocycles. The molecule has 108 valence electrons. The standard InChI is InChI=1S/C13H10BrN3O2S2/c1-5-3-6-8(10-12(19)17(15)13(20)21-10)11(18)16(2)9(6)7(14)4-5/h3-4H,15H2,1-2H3. The number of hydrazine groups is 1. The van der Waals surface area contributed by atoms with Crippen LogP contribution in [0.2, 0.25) is 0 Å². The fraction of sp³-hybridized carbons (Fsp3) is 0.154. The summed E-state index contributed by atoms with van der Waals surface area (Å²) in [5, 5.41) is 0.901. The molecule has 0 unspecified atom stereocenters. The molecule has 1 aromatic rings. The molecule has 0 spiro atoms. The molecule has 2 heterocycles. The zero-order chi connectivity index (χ0) is 15.5. The molecule has 21 heavy (non-hydrogen) atoms. The van der Waals surface area contributed by atoms with Crippen LogP contribution in [0.4, 0.5) is 5.69 Å². The number of nitrogens with two attached hydrogens (primary N) is 1. The summed E-state index contributed by atoms with van der Waals surface area (Å²) >= 11 is 9.56. The second-order valence-electron chi connectivity index (χ2n) is 4.75. The van der Waals surface area contributed by atoms with E-state index < -0.39 is 5.91 Å². The first-order valence-corrected chi connectivity index (χ1v) is 7.98. The van der Waals surface area contributed by atoms with Gasteiger partial charge in [-0.25, -0.2) is 10.9 Å². The SMILES string of the molecule is Cc1cc(Br)c2c(c1)C(=C1SC(=S)N(N)C1=O)C(=O)N2C. The van der Waals surface area contributed by atoms with Gasteiger partial charge in [-0.05, 0) is 40.5 Å². The van der Waals surface area contributed by atoms with Gasteiger partial charge in [-0.3, -0.25) is 9.59 Å². The number of thiocarbonyl (C=S) groups is 1. The molecule has 8 heteroatoms. The minimum absolute atomic E-state index is 0.231. The van der Waals surface area contributed by atoms with Gasteiger partial charge in [0.2, 0.25) is 0 Å². The van der Waals surface area contributed by atoms with Crippen LogP contribution in [-0.4, -0.2) is 28.2 Å². The average molecular weight is 384 g/mol. The molecule has 0 radical (unpaired) electrons. The van der Waals surface area contributed by atoms with Crippen LogP contribution in [0, 0.1) is 6.92 Å². The molecule has 1 aromatic carbocycles. The van der Waals surface area contributed by atoms with Gasteiger partial charge in [-0.1, -0.05) is 24.0 Å². The fourth-order valence-electron chi connectivity index (χ4n) is 2.40. The molecule has 5 nitrogen and oxygen atoms in total. The van der Waals surface area contributed by atoms with Gasteiger partial charge < -0.3 is 4.90 Å². The van der Waals surface area contributed by atoms with Crippen molar-refractivity contribution in [3.63, 3.8) is 0 Å². The van der Waals surface area contributed by atoms with Crippen molar-refractivity contribution in [2.75, 3.05) is 11.9 Å². The lowest BCUT2D eigenvalue weighted by Crippen LogP contribution is -2.35. The van der Waals surface area contributed by atoms with E-state index in [1.54, 1.807) is 7.05 Å². The van der Waals surface area contributed by atoms with Crippen LogP contribution in [0.5, 0.6) is 0 Å². The summed E-state index contributed by atoms with van der Waals surface area (Å²) in [6.07, 6.45) is 0. The number of hydrogen-bond acceptors (Lipinski definition) is 5. The zero-order valence-electron chi connectivity index (χ0n) is 11.1. The Morgan fingerprint density at radius 3 is 2.52 bits per heavy atom. The molecule has 0 saturated carbocycles. The number of rotatable bonds is 0. The van der Waals surface area contributed by atoms with Crippen molar-refractivity contribution < 1.29 is 9.59 Å². The van der Waals surface area contributed by atoms with E-state index in [1.807, 2.05) is 19.1 Å². The number of carbonyl (C=O) groups is 2. The number of thioether (sulfide) groups is 1. The Balaban J connectivity index is 2.31. The summed E-state index contributed by atoms with van der Waals surface area (Å²) < 4.78 is 1.06. The molecule has 1 fully saturated rings. The van der Waals surface area contributed by atoms with Crippen molar-refractivity contribution in [1.82, 2.24) is 5.01 Å². The molecule has 3 rings (SSSR count).